The maximum atomic E-state index is 11.3. The van der Waals surface area contributed by atoms with Crippen LogP contribution in [0.3, 0.4) is 0 Å². The number of aliphatic hydroxyl groups is 1. The molecule has 2 unspecified atom stereocenters. The van der Waals surface area contributed by atoms with Crippen molar-refractivity contribution in [1.82, 2.24) is 9.97 Å². The third-order valence-electron chi connectivity index (χ3n) is 4.85. The molecule has 0 amide bonds. The minimum Gasteiger partial charge on any atom is -0.388 e. The van der Waals surface area contributed by atoms with Crippen molar-refractivity contribution >= 4 is 11.0 Å². The van der Waals surface area contributed by atoms with Gasteiger partial charge in [0.05, 0.1) is 17.1 Å². The standard InChI is InChI=1S/C16H22N2O2/c1-16(2)8-4-3-5-11(16)14(19)10-6-7-12-13(9-10)18-15(20)17-12/h6-7,9,11,14,19H,3-5,8H2,1-2H3,(H2,17,18,20). The number of nitrogens with one attached hydrogen (secondary N) is 2. The fourth-order valence-electron chi connectivity index (χ4n) is 3.57. The summed E-state index contributed by atoms with van der Waals surface area (Å²) in [5.74, 6) is 0.277. The highest BCUT2D eigenvalue weighted by molar-refractivity contribution is 5.75. The van der Waals surface area contributed by atoms with E-state index >= 15 is 0 Å². The summed E-state index contributed by atoms with van der Waals surface area (Å²) in [6.45, 7) is 4.49. The second kappa shape index (κ2) is 4.77. The largest absolute Gasteiger partial charge is 0.388 e. The third kappa shape index (κ3) is 2.29. The molecule has 1 aliphatic carbocycles. The first kappa shape index (κ1) is 13.4. The quantitative estimate of drug-likeness (QED) is 0.787. The van der Waals surface area contributed by atoms with E-state index in [1.807, 2.05) is 18.2 Å². The smallest absolute Gasteiger partial charge is 0.323 e. The molecule has 4 nitrogen and oxygen atoms in total. The molecule has 0 saturated heterocycles. The van der Waals surface area contributed by atoms with Gasteiger partial charge in [-0.15, -0.1) is 0 Å². The third-order valence-corrected chi connectivity index (χ3v) is 4.85. The SMILES string of the molecule is CC1(C)CCCCC1C(O)c1ccc2[nH]c(=O)[nH]c2c1. The molecule has 1 aromatic heterocycles. The minimum atomic E-state index is -0.465. The maximum absolute atomic E-state index is 11.3. The Hall–Kier alpha value is -1.55. The van der Waals surface area contributed by atoms with Crippen LogP contribution in [0.4, 0.5) is 0 Å². The van der Waals surface area contributed by atoms with E-state index in [4.69, 9.17) is 0 Å². The monoisotopic (exact) mass is 274 g/mol. The lowest BCUT2D eigenvalue weighted by molar-refractivity contribution is 0.00392. The molecule has 1 heterocycles. The number of H-pyrrole nitrogens is 2. The number of aliphatic hydroxyl groups excluding tert-OH is 1. The van der Waals surface area contributed by atoms with Gasteiger partial charge in [-0.3, -0.25) is 0 Å². The number of imidazole rings is 1. The van der Waals surface area contributed by atoms with Crippen LogP contribution in [0.1, 0.15) is 51.2 Å². The van der Waals surface area contributed by atoms with Crippen LogP contribution in [0.2, 0.25) is 0 Å². The van der Waals surface area contributed by atoms with E-state index in [0.717, 1.165) is 29.4 Å². The Morgan fingerprint density at radius 3 is 2.75 bits per heavy atom. The normalized spacial score (nSPS) is 23.9. The molecule has 1 saturated carbocycles. The molecular weight excluding hydrogens is 252 g/mol. The molecule has 0 radical (unpaired) electrons. The van der Waals surface area contributed by atoms with Crippen molar-refractivity contribution < 1.29 is 5.11 Å². The Bertz CT molecular complexity index is 668. The summed E-state index contributed by atoms with van der Waals surface area (Å²) >= 11 is 0. The molecule has 1 aliphatic rings. The van der Waals surface area contributed by atoms with Crippen LogP contribution in [0.5, 0.6) is 0 Å². The van der Waals surface area contributed by atoms with Crippen molar-refractivity contribution in [3.8, 4) is 0 Å². The van der Waals surface area contributed by atoms with Gasteiger partial charge in [-0.2, -0.15) is 0 Å². The average molecular weight is 274 g/mol. The van der Waals surface area contributed by atoms with Crippen LogP contribution in [0.25, 0.3) is 11.0 Å². The topological polar surface area (TPSA) is 68.9 Å². The van der Waals surface area contributed by atoms with Crippen molar-refractivity contribution in [3.63, 3.8) is 0 Å². The first-order chi connectivity index (χ1) is 9.47. The Morgan fingerprint density at radius 2 is 2.00 bits per heavy atom. The molecule has 0 bridgehead atoms. The van der Waals surface area contributed by atoms with Gasteiger partial charge in [0.2, 0.25) is 0 Å². The fraction of sp³-hybridized carbons (Fsp3) is 0.562. The predicted molar refractivity (Wildman–Crippen MR) is 79.6 cm³/mol. The molecule has 0 aliphatic heterocycles. The number of benzene rings is 1. The van der Waals surface area contributed by atoms with E-state index in [2.05, 4.69) is 23.8 Å². The van der Waals surface area contributed by atoms with Gasteiger partial charge >= 0.3 is 5.69 Å². The van der Waals surface area contributed by atoms with Crippen LogP contribution in [0, 0.1) is 11.3 Å². The second-order valence-corrected chi connectivity index (χ2v) is 6.67. The van der Waals surface area contributed by atoms with Crippen molar-refractivity contribution in [2.75, 3.05) is 0 Å². The van der Waals surface area contributed by atoms with Crippen LogP contribution in [0.15, 0.2) is 23.0 Å². The summed E-state index contributed by atoms with van der Waals surface area (Å²) in [5, 5.41) is 10.7. The first-order valence-corrected chi connectivity index (χ1v) is 7.37. The van der Waals surface area contributed by atoms with E-state index in [-0.39, 0.29) is 17.0 Å². The Morgan fingerprint density at radius 1 is 1.25 bits per heavy atom. The number of fused-ring (bicyclic) bond motifs is 1. The second-order valence-electron chi connectivity index (χ2n) is 6.67. The van der Waals surface area contributed by atoms with Crippen molar-refractivity contribution in [2.24, 2.45) is 11.3 Å². The van der Waals surface area contributed by atoms with Crippen molar-refractivity contribution in [3.05, 3.63) is 34.2 Å². The molecule has 108 valence electrons. The highest BCUT2D eigenvalue weighted by Crippen LogP contribution is 2.46. The zero-order chi connectivity index (χ0) is 14.3. The van der Waals surface area contributed by atoms with Crippen LogP contribution in [-0.2, 0) is 0 Å². The molecular formula is C16H22N2O2. The maximum Gasteiger partial charge on any atom is 0.323 e. The molecule has 2 aromatic rings. The molecule has 3 rings (SSSR count). The van der Waals surface area contributed by atoms with Gasteiger partial charge in [-0.05, 0) is 41.9 Å². The molecule has 20 heavy (non-hydrogen) atoms. The Balaban J connectivity index is 1.94. The Kier molecular flexibility index (Phi) is 3.21. The van der Waals surface area contributed by atoms with Crippen LogP contribution < -0.4 is 5.69 Å². The van der Waals surface area contributed by atoms with E-state index < -0.39 is 6.10 Å². The number of aromatic nitrogens is 2. The number of hydrogen-bond acceptors (Lipinski definition) is 2. The lowest BCUT2D eigenvalue weighted by atomic mass is 9.65. The van der Waals surface area contributed by atoms with E-state index in [9.17, 15) is 9.90 Å². The molecule has 4 heteroatoms. The summed E-state index contributed by atoms with van der Waals surface area (Å²) in [6, 6.07) is 5.67. The molecule has 1 fully saturated rings. The zero-order valence-corrected chi connectivity index (χ0v) is 12.1. The summed E-state index contributed by atoms with van der Waals surface area (Å²) in [4.78, 5) is 16.8. The highest BCUT2D eigenvalue weighted by atomic mass is 16.3. The average Bonchev–Trinajstić information content (AvgIpc) is 2.76. The lowest BCUT2D eigenvalue weighted by Crippen LogP contribution is -2.32. The van der Waals surface area contributed by atoms with E-state index in [1.54, 1.807) is 0 Å². The predicted octanol–water partition coefficient (Wildman–Crippen LogP) is 3.11. The fourth-order valence-corrected chi connectivity index (χ4v) is 3.57. The van der Waals surface area contributed by atoms with Gasteiger partial charge in [0, 0.05) is 0 Å². The van der Waals surface area contributed by atoms with Crippen LogP contribution in [-0.4, -0.2) is 15.1 Å². The first-order valence-electron chi connectivity index (χ1n) is 7.37. The van der Waals surface area contributed by atoms with Crippen LogP contribution >= 0.6 is 0 Å². The van der Waals surface area contributed by atoms with Gasteiger partial charge in [0.25, 0.3) is 0 Å². The van der Waals surface area contributed by atoms with Gasteiger partial charge in [0.1, 0.15) is 0 Å². The van der Waals surface area contributed by atoms with E-state index in [0.29, 0.717) is 0 Å². The Labute approximate surface area is 118 Å². The summed E-state index contributed by atoms with van der Waals surface area (Å²) in [5.41, 5.74) is 2.41. The molecule has 3 N–H and O–H groups in total. The minimum absolute atomic E-state index is 0.165. The lowest BCUT2D eigenvalue weighted by Gasteiger charge is -2.41. The van der Waals surface area contributed by atoms with Crippen molar-refractivity contribution in [1.29, 1.82) is 0 Å². The summed E-state index contributed by atoms with van der Waals surface area (Å²) < 4.78 is 0. The molecule has 0 spiro atoms. The summed E-state index contributed by atoms with van der Waals surface area (Å²) in [7, 11) is 0. The van der Waals surface area contributed by atoms with Crippen molar-refractivity contribution in [2.45, 2.75) is 45.6 Å². The molecule has 2 atom stereocenters. The highest BCUT2D eigenvalue weighted by Gasteiger charge is 2.37. The van der Waals surface area contributed by atoms with Gasteiger partial charge in [0.15, 0.2) is 0 Å². The molecule has 1 aromatic carbocycles. The zero-order valence-electron chi connectivity index (χ0n) is 12.1. The van der Waals surface area contributed by atoms with E-state index in [1.165, 1.54) is 12.8 Å². The van der Waals surface area contributed by atoms with Gasteiger partial charge < -0.3 is 15.1 Å². The summed E-state index contributed by atoms with van der Waals surface area (Å²) in [6.07, 6.45) is 4.20. The number of aromatic amines is 2. The van der Waals surface area contributed by atoms with Gasteiger partial charge in [-0.1, -0.05) is 32.8 Å². The number of rotatable bonds is 2. The van der Waals surface area contributed by atoms with Gasteiger partial charge in [-0.25, -0.2) is 4.79 Å². The number of hydrogen-bond donors (Lipinski definition) is 3.